The van der Waals surface area contributed by atoms with Gasteiger partial charge in [0.25, 0.3) is 20.2 Å². The fraction of sp³-hybridized carbons (Fsp3) is 0. The average molecular weight is 416 g/mol. The SMILES string of the molecule is O=C([O-])c1ccccc1S(=O)(=O)O.O=C([O-])c1ccccc1S(=O)(=O)O.[Li+].[Li+]. The predicted octanol–water partition coefficient (Wildman–Crippen LogP) is -7.40. The quantitative estimate of drug-likeness (QED) is 0.358. The van der Waals surface area contributed by atoms with E-state index in [4.69, 9.17) is 9.11 Å². The summed E-state index contributed by atoms with van der Waals surface area (Å²) in [6, 6.07) is 9.32. The molecule has 0 spiro atoms. The van der Waals surface area contributed by atoms with Gasteiger partial charge in [0.15, 0.2) is 0 Å². The Morgan fingerprint density at radius 1 is 0.643 bits per heavy atom. The summed E-state index contributed by atoms with van der Waals surface area (Å²) in [6.07, 6.45) is 0. The third kappa shape index (κ3) is 8.18. The zero-order valence-corrected chi connectivity index (χ0v) is 16.2. The minimum absolute atomic E-state index is 0. The molecule has 0 aliphatic rings. The van der Waals surface area contributed by atoms with Crippen molar-refractivity contribution in [3.05, 3.63) is 59.7 Å². The van der Waals surface area contributed by atoms with E-state index >= 15 is 0 Å². The molecule has 28 heavy (non-hydrogen) atoms. The van der Waals surface area contributed by atoms with Crippen LogP contribution in [0.1, 0.15) is 20.7 Å². The van der Waals surface area contributed by atoms with Crippen LogP contribution < -0.4 is 47.9 Å². The summed E-state index contributed by atoms with van der Waals surface area (Å²) in [5.41, 5.74) is -1.10. The minimum Gasteiger partial charge on any atom is -0.545 e. The Labute approximate surface area is 184 Å². The average Bonchev–Trinajstić information content (AvgIpc) is 2.54. The second-order valence-corrected chi connectivity index (χ2v) is 7.30. The van der Waals surface area contributed by atoms with Crippen molar-refractivity contribution in [2.24, 2.45) is 0 Å². The van der Waals surface area contributed by atoms with Crippen molar-refractivity contribution in [1.82, 2.24) is 0 Å². The summed E-state index contributed by atoms with van der Waals surface area (Å²) in [6.45, 7) is 0. The van der Waals surface area contributed by atoms with Gasteiger partial charge in [0.2, 0.25) is 0 Å². The summed E-state index contributed by atoms with van der Waals surface area (Å²) < 4.78 is 59.7. The molecule has 0 saturated heterocycles. The molecule has 2 N–H and O–H groups in total. The monoisotopic (exact) mass is 416 g/mol. The molecular formula is C14H10Li2O10S2. The first kappa shape index (κ1) is 28.6. The third-order valence-corrected chi connectivity index (χ3v) is 4.59. The van der Waals surface area contributed by atoms with Crippen molar-refractivity contribution in [3.63, 3.8) is 0 Å². The number of carbonyl (C=O) groups excluding carboxylic acids is 2. The van der Waals surface area contributed by atoms with Crippen LogP contribution in [0.2, 0.25) is 0 Å². The number of carbonyl (C=O) groups is 2. The molecule has 0 aromatic heterocycles. The standard InChI is InChI=1S/2C7H6O5S.2Li/c2*8-7(9)5-3-1-2-4-6(5)13(10,11)12;;/h2*1-4H,(H,8,9)(H,10,11,12);;/q;;2*+1/p-2. The van der Waals surface area contributed by atoms with Gasteiger partial charge in [0.05, 0.1) is 11.9 Å². The molecule has 0 amide bonds. The first-order valence-corrected chi connectivity index (χ1v) is 9.29. The van der Waals surface area contributed by atoms with Crippen molar-refractivity contribution >= 4 is 32.2 Å². The number of rotatable bonds is 4. The van der Waals surface area contributed by atoms with E-state index in [9.17, 15) is 36.6 Å². The fourth-order valence-electron chi connectivity index (χ4n) is 1.72. The first-order chi connectivity index (χ1) is 11.9. The maximum atomic E-state index is 10.6. The van der Waals surface area contributed by atoms with Gasteiger partial charge < -0.3 is 19.8 Å². The molecule has 0 aliphatic heterocycles. The largest absolute Gasteiger partial charge is 1.00 e. The van der Waals surface area contributed by atoms with Crippen LogP contribution in [0.4, 0.5) is 0 Å². The summed E-state index contributed by atoms with van der Waals surface area (Å²) >= 11 is 0. The van der Waals surface area contributed by atoms with Gasteiger partial charge in [-0.1, -0.05) is 36.4 Å². The van der Waals surface area contributed by atoms with Gasteiger partial charge in [-0.2, -0.15) is 16.8 Å². The zero-order valence-electron chi connectivity index (χ0n) is 14.6. The molecule has 0 radical (unpaired) electrons. The molecule has 0 aliphatic carbocycles. The number of carboxylic acid groups (broad SMARTS) is 2. The smallest absolute Gasteiger partial charge is 0.545 e. The summed E-state index contributed by atoms with van der Waals surface area (Å²) in [5, 5.41) is 20.8. The number of carboxylic acids is 2. The van der Waals surface area contributed by atoms with E-state index in [2.05, 4.69) is 0 Å². The number of aromatic carboxylic acids is 2. The molecule has 2 rings (SSSR count). The molecule has 0 heterocycles. The normalized spacial score (nSPS) is 10.4. The Balaban J connectivity index is 0. The Kier molecular flexibility index (Phi) is 11.7. The van der Waals surface area contributed by atoms with E-state index in [-0.39, 0.29) is 37.7 Å². The Bertz CT molecular complexity index is 964. The van der Waals surface area contributed by atoms with Crippen LogP contribution >= 0.6 is 0 Å². The van der Waals surface area contributed by atoms with E-state index in [0.29, 0.717) is 0 Å². The molecule has 0 fully saturated rings. The fourth-order valence-corrected chi connectivity index (χ4v) is 3.08. The minimum atomic E-state index is -4.50. The molecule has 0 saturated carbocycles. The van der Waals surface area contributed by atoms with Crippen molar-refractivity contribution in [1.29, 1.82) is 0 Å². The maximum Gasteiger partial charge on any atom is 1.00 e. The molecule has 2 aromatic carbocycles. The van der Waals surface area contributed by atoms with Crippen LogP contribution in [0.25, 0.3) is 0 Å². The van der Waals surface area contributed by atoms with Crippen LogP contribution in [0, 0.1) is 0 Å². The Morgan fingerprint density at radius 2 is 0.893 bits per heavy atom. The number of benzene rings is 2. The number of hydrogen-bond acceptors (Lipinski definition) is 8. The molecular weight excluding hydrogens is 406 g/mol. The van der Waals surface area contributed by atoms with Crippen LogP contribution in [-0.2, 0) is 20.2 Å². The summed E-state index contributed by atoms with van der Waals surface area (Å²) in [4.78, 5) is 19.4. The van der Waals surface area contributed by atoms with E-state index in [0.717, 1.165) is 24.3 Å². The van der Waals surface area contributed by atoms with Gasteiger partial charge >= 0.3 is 37.7 Å². The van der Waals surface area contributed by atoms with E-state index in [1.807, 2.05) is 0 Å². The van der Waals surface area contributed by atoms with Crippen LogP contribution in [0.15, 0.2) is 58.3 Å². The van der Waals surface area contributed by atoms with Crippen molar-refractivity contribution in [2.45, 2.75) is 9.79 Å². The van der Waals surface area contributed by atoms with Crippen LogP contribution in [0.3, 0.4) is 0 Å². The molecule has 14 heteroatoms. The van der Waals surface area contributed by atoms with Crippen LogP contribution in [-0.4, -0.2) is 37.9 Å². The molecule has 0 bridgehead atoms. The predicted molar refractivity (Wildman–Crippen MR) is 81.2 cm³/mol. The zero-order chi connectivity index (χ0) is 20.1. The second kappa shape index (κ2) is 11.4. The van der Waals surface area contributed by atoms with E-state index < -0.39 is 53.1 Å². The van der Waals surface area contributed by atoms with Crippen molar-refractivity contribution < 1.29 is 83.5 Å². The number of hydrogen-bond donors (Lipinski definition) is 2. The second-order valence-electron chi connectivity index (χ2n) is 4.52. The van der Waals surface area contributed by atoms with Gasteiger partial charge in [0, 0.05) is 11.1 Å². The molecule has 0 unspecified atom stereocenters. The van der Waals surface area contributed by atoms with Crippen LogP contribution in [0.5, 0.6) is 0 Å². The Morgan fingerprint density at radius 3 is 1.07 bits per heavy atom. The van der Waals surface area contributed by atoms with Gasteiger partial charge in [0.1, 0.15) is 9.79 Å². The maximum absolute atomic E-state index is 10.6. The molecule has 140 valence electrons. The van der Waals surface area contributed by atoms with Gasteiger partial charge in [-0.3, -0.25) is 9.11 Å². The van der Waals surface area contributed by atoms with Gasteiger partial charge in [-0.15, -0.1) is 0 Å². The van der Waals surface area contributed by atoms with E-state index in [1.54, 1.807) is 0 Å². The molecule has 2 aromatic rings. The van der Waals surface area contributed by atoms with Gasteiger partial charge in [-0.25, -0.2) is 0 Å². The van der Waals surface area contributed by atoms with Gasteiger partial charge in [-0.05, 0) is 12.1 Å². The van der Waals surface area contributed by atoms with Crippen molar-refractivity contribution in [3.8, 4) is 0 Å². The molecule has 10 nitrogen and oxygen atoms in total. The topological polar surface area (TPSA) is 189 Å². The summed E-state index contributed by atoms with van der Waals surface area (Å²) in [7, 11) is -9.00. The van der Waals surface area contributed by atoms with E-state index in [1.165, 1.54) is 24.3 Å². The summed E-state index contributed by atoms with van der Waals surface area (Å²) in [5.74, 6) is -3.29. The first-order valence-electron chi connectivity index (χ1n) is 6.41. The third-order valence-electron chi connectivity index (χ3n) is 2.77. The Hall–Kier alpha value is -1.61. The molecule has 0 atom stereocenters. The van der Waals surface area contributed by atoms with Crippen molar-refractivity contribution in [2.75, 3.05) is 0 Å².